The molecule has 1 fully saturated rings. The predicted octanol–water partition coefficient (Wildman–Crippen LogP) is 1.64. The predicted molar refractivity (Wildman–Crippen MR) is 89.8 cm³/mol. The van der Waals surface area contributed by atoms with Gasteiger partial charge in [0.15, 0.2) is 0 Å². The Kier molecular flexibility index (Phi) is 4.93. The zero-order chi connectivity index (χ0) is 15.5. The molecule has 6 heteroatoms. The topological polar surface area (TPSA) is 57.6 Å². The first-order valence-corrected chi connectivity index (χ1v) is 8.56. The number of aliphatic hydroxyl groups is 1. The van der Waals surface area contributed by atoms with E-state index in [-0.39, 0.29) is 0 Å². The van der Waals surface area contributed by atoms with Gasteiger partial charge in [-0.1, -0.05) is 0 Å². The minimum absolute atomic E-state index is 0.311. The van der Waals surface area contributed by atoms with Crippen molar-refractivity contribution in [3.8, 4) is 5.75 Å². The van der Waals surface area contributed by atoms with Crippen molar-refractivity contribution in [2.24, 2.45) is 0 Å². The lowest BCUT2D eigenvalue weighted by Gasteiger charge is -2.35. The summed E-state index contributed by atoms with van der Waals surface area (Å²) in [6, 6.07) is 6.37. The molecule has 1 aliphatic rings. The van der Waals surface area contributed by atoms with Crippen LogP contribution in [0.3, 0.4) is 0 Å². The lowest BCUT2D eigenvalue weighted by atomic mass is 10.2. The summed E-state index contributed by atoms with van der Waals surface area (Å²) in [6.07, 6.45) is -0.478. The van der Waals surface area contributed by atoms with Crippen molar-refractivity contribution in [2.75, 3.05) is 32.8 Å². The Labute approximate surface area is 134 Å². The van der Waals surface area contributed by atoms with Crippen LogP contribution in [-0.2, 0) is 0 Å². The van der Waals surface area contributed by atoms with Gasteiger partial charge in [-0.15, -0.1) is 11.3 Å². The van der Waals surface area contributed by atoms with E-state index < -0.39 is 6.10 Å². The van der Waals surface area contributed by atoms with E-state index in [1.807, 2.05) is 25.1 Å². The van der Waals surface area contributed by atoms with Crippen molar-refractivity contribution in [3.63, 3.8) is 0 Å². The normalized spacial score (nSPS) is 21.1. The minimum atomic E-state index is -0.478. The van der Waals surface area contributed by atoms with Crippen LogP contribution in [0.1, 0.15) is 11.9 Å². The molecule has 0 radical (unpaired) electrons. The number of hydrogen-bond acceptors (Lipinski definition) is 6. The summed E-state index contributed by atoms with van der Waals surface area (Å²) in [7, 11) is 0. The molecule has 0 unspecified atom stereocenters. The van der Waals surface area contributed by atoms with E-state index in [2.05, 4.69) is 22.1 Å². The summed E-state index contributed by atoms with van der Waals surface area (Å²) in [5, 5.41) is 14.6. The third-order valence-electron chi connectivity index (χ3n) is 3.99. The summed E-state index contributed by atoms with van der Waals surface area (Å²) >= 11 is 1.68. The number of nitrogens with zero attached hydrogens (tertiary/aromatic N) is 2. The van der Waals surface area contributed by atoms with E-state index >= 15 is 0 Å². The van der Waals surface area contributed by atoms with Crippen LogP contribution in [0.4, 0.5) is 0 Å². The van der Waals surface area contributed by atoms with Crippen LogP contribution in [0.15, 0.2) is 18.2 Å². The molecule has 22 heavy (non-hydrogen) atoms. The van der Waals surface area contributed by atoms with Crippen LogP contribution in [-0.4, -0.2) is 59.9 Å². The van der Waals surface area contributed by atoms with Crippen molar-refractivity contribution >= 4 is 21.6 Å². The molecule has 1 saturated heterocycles. The number of hydrogen-bond donors (Lipinski definition) is 2. The van der Waals surface area contributed by atoms with Gasteiger partial charge in [0.05, 0.1) is 15.2 Å². The van der Waals surface area contributed by atoms with Gasteiger partial charge in [-0.05, 0) is 26.0 Å². The van der Waals surface area contributed by atoms with E-state index in [4.69, 9.17) is 4.74 Å². The maximum absolute atomic E-state index is 10.2. The van der Waals surface area contributed by atoms with Gasteiger partial charge in [-0.3, -0.25) is 4.90 Å². The summed E-state index contributed by atoms with van der Waals surface area (Å²) in [5.41, 5.74) is 0.963. The van der Waals surface area contributed by atoms with E-state index in [0.717, 1.165) is 35.9 Å². The van der Waals surface area contributed by atoms with Gasteiger partial charge in [-0.2, -0.15) is 0 Å². The molecule has 3 rings (SSSR count). The van der Waals surface area contributed by atoms with Crippen LogP contribution < -0.4 is 10.1 Å². The minimum Gasteiger partial charge on any atom is -0.491 e. The number of β-amino-alcohol motifs (C(OH)–C–C–N with tert-alkyl or cyclic N) is 1. The zero-order valence-corrected chi connectivity index (χ0v) is 13.9. The molecule has 2 atom stereocenters. The van der Waals surface area contributed by atoms with Crippen LogP contribution in [0, 0.1) is 6.92 Å². The third-order valence-corrected chi connectivity index (χ3v) is 4.94. The van der Waals surface area contributed by atoms with E-state index in [9.17, 15) is 5.11 Å². The lowest BCUT2D eigenvalue weighted by molar-refractivity contribution is 0.0478. The third kappa shape index (κ3) is 3.76. The second kappa shape index (κ2) is 6.91. The molecular formula is C16H23N3O2S. The largest absolute Gasteiger partial charge is 0.491 e. The molecular weight excluding hydrogens is 298 g/mol. The van der Waals surface area contributed by atoms with E-state index in [1.54, 1.807) is 11.3 Å². The Morgan fingerprint density at radius 2 is 2.41 bits per heavy atom. The highest BCUT2D eigenvalue weighted by molar-refractivity contribution is 7.18. The number of aliphatic hydroxyl groups excluding tert-OH is 1. The van der Waals surface area contributed by atoms with Crippen molar-refractivity contribution in [2.45, 2.75) is 26.0 Å². The number of aryl methyl sites for hydroxylation is 1. The van der Waals surface area contributed by atoms with Gasteiger partial charge in [0, 0.05) is 38.3 Å². The average molecular weight is 321 g/mol. The fraction of sp³-hybridized carbons (Fsp3) is 0.562. The summed E-state index contributed by atoms with van der Waals surface area (Å²) in [5.74, 6) is 0.769. The summed E-state index contributed by atoms with van der Waals surface area (Å²) in [6.45, 7) is 8.08. The van der Waals surface area contributed by atoms with Crippen molar-refractivity contribution < 1.29 is 9.84 Å². The molecule has 2 heterocycles. The number of ether oxygens (including phenoxy) is 1. The SMILES string of the molecule is Cc1nc2cc(OC[C@H](O)CN3CCNC[C@H]3C)ccc2s1. The quantitative estimate of drug-likeness (QED) is 0.877. The highest BCUT2D eigenvalue weighted by atomic mass is 32.1. The van der Waals surface area contributed by atoms with Gasteiger partial charge in [0.2, 0.25) is 0 Å². The number of rotatable bonds is 5. The standard InChI is InChI=1S/C16H23N3O2S/c1-11-8-17-5-6-19(11)9-13(20)10-21-14-3-4-16-15(7-14)18-12(2)22-16/h3-4,7,11,13,17,20H,5-6,8-10H2,1-2H3/t11-,13-/m1/s1. The van der Waals surface area contributed by atoms with Gasteiger partial charge >= 0.3 is 0 Å². The molecule has 1 aromatic carbocycles. The fourth-order valence-corrected chi connectivity index (χ4v) is 3.59. The second-order valence-corrected chi connectivity index (χ2v) is 7.11. The maximum Gasteiger partial charge on any atom is 0.121 e. The Morgan fingerprint density at radius 3 is 3.23 bits per heavy atom. The smallest absolute Gasteiger partial charge is 0.121 e. The van der Waals surface area contributed by atoms with Crippen molar-refractivity contribution in [3.05, 3.63) is 23.2 Å². The average Bonchev–Trinajstić information content (AvgIpc) is 2.87. The number of fused-ring (bicyclic) bond motifs is 1. The first-order chi connectivity index (χ1) is 10.6. The molecule has 2 aromatic rings. The number of thiazole rings is 1. The first-order valence-electron chi connectivity index (χ1n) is 7.74. The van der Waals surface area contributed by atoms with E-state index in [0.29, 0.717) is 19.2 Å². The molecule has 0 saturated carbocycles. The highest BCUT2D eigenvalue weighted by Gasteiger charge is 2.20. The van der Waals surface area contributed by atoms with Crippen LogP contribution in [0.25, 0.3) is 10.2 Å². The highest BCUT2D eigenvalue weighted by Crippen LogP contribution is 2.25. The van der Waals surface area contributed by atoms with Gasteiger partial charge in [0.1, 0.15) is 18.5 Å². The molecule has 1 aliphatic heterocycles. The van der Waals surface area contributed by atoms with Crippen LogP contribution >= 0.6 is 11.3 Å². The number of nitrogens with one attached hydrogen (secondary N) is 1. The number of piperazine rings is 1. The Morgan fingerprint density at radius 1 is 1.55 bits per heavy atom. The first kappa shape index (κ1) is 15.7. The molecule has 0 spiro atoms. The molecule has 0 bridgehead atoms. The summed E-state index contributed by atoms with van der Waals surface area (Å²) < 4.78 is 6.90. The summed E-state index contributed by atoms with van der Waals surface area (Å²) in [4.78, 5) is 6.77. The molecule has 1 aromatic heterocycles. The Balaban J connectivity index is 1.53. The number of benzene rings is 1. The molecule has 0 amide bonds. The Bertz CT molecular complexity index is 631. The van der Waals surface area contributed by atoms with Crippen LogP contribution in [0.5, 0.6) is 5.75 Å². The number of aromatic nitrogens is 1. The second-order valence-electron chi connectivity index (χ2n) is 5.88. The molecule has 120 valence electrons. The molecule has 2 N–H and O–H groups in total. The zero-order valence-electron chi connectivity index (χ0n) is 13.1. The van der Waals surface area contributed by atoms with E-state index in [1.165, 1.54) is 4.70 Å². The van der Waals surface area contributed by atoms with Crippen molar-refractivity contribution in [1.82, 2.24) is 15.2 Å². The molecule has 5 nitrogen and oxygen atoms in total. The Hall–Kier alpha value is -1.21. The fourth-order valence-electron chi connectivity index (χ4n) is 2.78. The lowest BCUT2D eigenvalue weighted by Crippen LogP contribution is -2.52. The van der Waals surface area contributed by atoms with Crippen molar-refractivity contribution in [1.29, 1.82) is 0 Å². The van der Waals surface area contributed by atoms with Crippen LogP contribution in [0.2, 0.25) is 0 Å². The maximum atomic E-state index is 10.2. The van der Waals surface area contributed by atoms with Gasteiger partial charge in [-0.25, -0.2) is 4.98 Å². The van der Waals surface area contributed by atoms with Gasteiger partial charge < -0.3 is 15.2 Å². The monoisotopic (exact) mass is 321 g/mol. The molecule has 0 aliphatic carbocycles. The van der Waals surface area contributed by atoms with Gasteiger partial charge in [0.25, 0.3) is 0 Å².